The molecule has 0 saturated heterocycles. The minimum absolute atomic E-state index is 0.0895. The minimum atomic E-state index is -0.851. The number of nitrogens with zero attached hydrogens (tertiary/aromatic N) is 1. The molecule has 2 fully saturated rings. The zero-order chi connectivity index (χ0) is 23.4. The van der Waals surface area contributed by atoms with Gasteiger partial charge in [0, 0.05) is 18.2 Å². The number of carboxylic acid groups (broad SMARTS) is 1. The number of hydrogen-bond acceptors (Lipinski definition) is 5. The lowest BCUT2D eigenvalue weighted by atomic mass is 9.85. The van der Waals surface area contributed by atoms with Gasteiger partial charge in [-0.2, -0.15) is 0 Å². The molecule has 2 saturated carbocycles. The summed E-state index contributed by atoms with van der Waals surface area (Å²) in [4.78, 5) is 28.7. The fraction of sp³-hybridized carbons (Fsp3) is 0.577. The number of aliphatic carboxylic acids is 1. The third-order valence-electron chi connectivity index (χ3n) is 7.05. The molecule has 0 aliphatic heterocycles. The van der Waals surface area contributed by atoms with E-state index in [-0.39, 0.29) is 11.9 Å². The van der Waals surface area contributed by atoms with Gasteiger partial charge in [0.05, 0.1) is 18.4 Å². The van der Waals surface area contributed by atoms with Crippen LogP contribution in [0.3, 0.4) is 0 Å². The molecule has 0 spiro atoms. The Balaban J connectivity index is 1.26. The van der Waals surface area contributed by atoms with Crippen LogP contribution >= 0.6 is 0 Å². The lowest BCUT2D eigenvalue weighted by molar-refractivity contribution is -0.146. The van der Waals surface area contributed by atoms with Crippen molar-refractivity contribution in [3.05, 3.63) is 41.3 Å². The number of benzene rings is 1. The van der Waals surface area contributed by atoms with Crippen LogP contribution in [0.1, 0.15) is 62.0 Å². The molecule has 2 aromatic rings. The van der Waals surface area contributed by atoms with E-state index in [1.165, 1.54) is 0 Å². The van der Waals surface area contributed by atoms with E-state index in [1.54, 1.807) is 0 Å². The third-order valence-corrected chi connectivity index (χ3v) is 7.05. The molecule has 178 valence electrons. The Hall–Kier alpha value is -2.67. The first kappa shape index (κ1) is 23.5. The summed E-state index contributed by atoms with van der Waals surface area (Å²) < 4.78 is 11.9. The van der Waals surface area contributed by atoms with Gasteiger partial charge in [-0.25, -0.2) is 4.98 Å². The highest BCUT2D eigenvalue weighted by Crippen LogP contribution is 2.33. The van der Waals surface area contributed by atoms with Gasteiger partial charge in [-0.3, -0.25) is 9.59 Å². The number of hydrogen-bond donors (Lipinski definition) is 2. The smallest absolute Gasteiger partial charge is 0.307 e. The average molecular weight is 455 g/mol. The SMILES string of the molecule is Cc1cccc(-c2nc(COCC3CCCC(NC(=O)C4CCCC4C(=O)O)C3)c(C)o2)c1. The first-order chi connectivity index (χ1) is 15.9. The average Bonchev–Trinajstić information content (AvgIpc) is 3.42. The Bertz CT molecular complexity index is 985. The summed E-state index contributed by atoms with van der Waals surface area (Å²) in [6.45, 7) is 4.96. The summed E-state index contributed by atoms with van der Waals surface area (Å²) in [5.41, 5.74) is 2.93. The second kappa shape index (κ2) is 10.5. The van der Waals surface area contributed by atoms with Gasteiger partial charge in [-0.1, -0.05) is 30.5 Å². The van der Waals surface area contributed by atoms with Gasteiger partial charge in [0.25, 0.3) is 0 Å². The fourth-order valence-electron chi connectivity index (χ4n) is 5.24. The van der Waals surface area contributed by atoms with Gasteiger partial charge in [0.1, 0.15) is 11.5 Å². The standard InChI is InChI=1S/C26H34N2O5/c1-16-6-3-8-19(12-16)25-28-23(17(2)33-25)15-32-14-18-7-4-9-20(13-18)27-24(29)21-10-5-11-22(21)26(30)31/h3,6,8,12,18,20-22H,4-5,7,9-11,13-15H2,1-2H3,(H,27,29)(H,30,31). The van der Waals surface area contributed by atoms with Crippen LogP contribution in [-0.4, -0.2) is 34.6 Å². The molecule has 1 aromatic heterocycles. The van der Waals surface area contributed by atoms with Crippen molar-refractivity contribution in [3.8, 4) is 11.5 Å². The molecule has 2 aliphatic rings. The van der Waals surface area contributed by atoms with E-state index in [0.29, 0.717) is 37.9 Å². The van der Waals surface area contributed by atoms with Gasteiger partial charge in [-0.15, -0.1) is 0 Å². The number of rotatable bonds is 8. The number of amides is 1. The van der Waals surface area contributed by atoms with E-state index in [2.05, 4.69) is 16.4 Å². The summed E-state index contributed by atoms with van der Waals surface area (Å²) in [5, 5.41) is 12.5. The number of ether oxygens (including phenoxy) is 1. The quantitative estimate of drug-likeness (QED) is 0.602. The fourth-order valence-corrected chi connectivity index (χ4v) is 5.24. The number of carboxylic acids is 1. The van der Waals surface area contributed by atoms with E-state index >= 15 is 0 Å². The van der Waals surface area contributed by atoms with Crippen LogP contribution in [-0.2, 0) is 20.9 Å². The summed E-state index contributed by atoms with van der Waals surface area (Å²) in [6.07, 6.45) is 5.98. The Labute approximate surface area is 194 Å². The van der Waals surface area contributed by atoms with Crippen LogP contribution in [0, 0.1) is 31.6 Å². The topological polar surface area (TPSA) is 102 Å². The summed E-state index contributed by atoms with van der Waals surface area (Å²) in [7, 11) is 0. The molecule has 4 atom stereocenters. The molecular formula is C26H34N2O5. The number of carbonyl (C=O) groups is 2. The maximum Gasteiger partial charge on any atom is 0.307 e. The molecule has 2 aliphatic carbocycles. The lowest BCUT2D eigenvalue weighted by Gasteiger charge is -2.30. The molecule has 0 bridgehead atoms. The maximum absolute atomic E-state index is 12.7. The number of aryl methyl sites for hydroxylation is 2. The van der Waals surface area contributed by atoms with Gasteiger partial charge in [-0.05, 0) is 64.0 Å². The Morgan fingerprint density at radius 2 is 1.94 bits per heavy atom. The highest BCUT2D eigenvalue weighted by Gasteiger charge is 2.38. The molecule has 0 radical (unpaired) electrons. The summed E-state index contributed by atoms with van der Waals surface area (Å²) in [6, 6.07) is 8.17. The van der Waals surface area contributed by atoms with E-state index in [0.717, 1.165) is 54.7 Å². The summed E-state index contributed by atoms with van der Waals surface area (Å²) >= 11 is 0. The second-order valence-corrected chi connectivity index (χ2v) is 9.63. The van der Waals surface area contributed by atoms with Crippen molar-refractivity contribution < 1.29 is 23.8 Å². The van der Waals surface area contributed by atoms with Crippen molar-refractivity contribution in [3.63, 3.8) is 0 Å². The molecule has 4 unspecified atom stereocenters. The van der Waals surface area contributed by atoms with Crippen molar-refractivity contribution in [2.24, 2.45) is 17.8 Å². The van der Waals surface area contributed by atoms with Crippen molar-refractivity contribution in [2.75, 3.05) is 6.61 Å². The van der Waals surface area contributed by atoms with E-state index in [9.17, 15) is 14.7 Å². The zero-order valence-electron chi connectivity index (χ0n) is 19.5. The first-order valence-corrected chi connectivity index (χ1v) is 12.0. The Morgan fingerprint density at radius 1 is 1.15 bits per heavy atom. The summed E-state index contributed by atoms with van der Waals surface area (Å²) in [5.74, 6) is -0.123. The highest BCUT2D eigenvalue weighted by molar-refractivity contribution is 5.85. The molecule has 4 rings (SSSR count). The van der Waals surface area contributed by atoms with Crippen LogP contribution in [0.15, 0.2) is 28.7 Å². The van der Waals surface area contributed by atoms with Crippen LogP contribution in [0.4, 0.5) is 0 Å². The predicted octanol–water partition coefficient (Wildman–Crippen LogP) is 4.65. The minimum Gasteiger partial charge on any atom is -0.481 e. The maximum atomic E-state index is 12.7. The van der Waals surface area contributed by atoms with Gasteiger partial charge in [0.2, 0.25) is 11.8 Å². The molecule has 33 heavy (non-hydrogen) atoms. The third kappa shape index (κ3) is 5.82. The molecule has 7 nitrogen and oxygen atoms in total. The van der Waals surface area contributed by atoms with E-state index < -0.39 is 17.8 Å². The Morgan fingerprint density at radius 3 is 2.73 bits per heavy atom. The zero-order valence-corrected chi connectivity index (χ0v) is 19.5. The van der Waals surface area contributed by atoms with Gasteiger partial charge in [0.15, 0.2) is 0 Å². The van der Waals surface area contributed by atoms with Crippen LogP contribution in [0.5, 0.6) is 0 Å². The Kier molecular flexibility index (Phi) is 7.48. The van der Waals surface area contributed by atoms with Crippen LogP contribution < -0.4 is 5.32 Å². The largest absolute Gasteiger partial charge is 0.481 e. The van der Waals surface area contributed by atoms with Gasteiger partial charge < -0.3 is 19.6 Å². The molecule has 1 heterocycles. The van der Waals surface area contributed by atoms with Gasteiger partial charge >= 0.3 is 5.97 Å². The molecule has 2 N–H and O–H groups in total. The second-order valence-electron chi connectivity index (χ2n) is 9.63. The van der Waals surface area contributed by atoms with E-state index in [4.69, 9.17) is 9.15 Å². The monoisotopic (exact) mass is 454 g/mol. The van der Waals surface area contributed by atoms with Crippen molar-refractivity contribution in [1.29, 1.82) is 0 Å². The molecule has 7 heteroatoms. The lowest BCUT2D eigenvalue weighted by Crippen LogP contribution is -2.43. The normalized spacial score (nSPS) is 25.2. The van der Waals surface area contributed by atoms with Crippen molar-refractivity contribution in [1.82, 2.24) is 10.3 Å². The molecule has 1 amide bonds. The first-order valence-electron chi connectivity index (χ1n) is 12.0. The molecular weight excluding hydrogens is 420 g/mol. The predicted molar refractivity (Wildman–Crippen MR) is 123 cm³/mol. The van der Waals surface area contributed by atoms with Crippen molar-refractivity contribution in [2.45, 2.75) is 71.4 Å². The number of oxazole rings is 1. The number of nitrogens with one attached hydrogen (secondary N) is 1. The number of carbonyl (C=O) groups excluding carboxylic acids is 1. The molecule has 1 aromatic carbocycles. The van der Waals surface area contributed by atoms with E-state index in [1.807, 2.05) is 32.0 Å². The van der Waals surface area contributed by atoms with Crippen LogP contribution in [0.2, 0.25) is 0 Å². The number of aromatic nitrogens is 1. The van der Waals surface area contributed by atoms with Crippen LogP contribution in [0.25, 0.3) is 11.5 Å². The highest BCUT2D eigenvalue weighted by atomic mass is 16.5. The van der Waals surface area contributed by atoms with Crippen molar-refractivity contribution >= 4 is 11.9 Å².